The Hall–Kier alpha value is -1.71. The maximum absolute atomic E-state index is 10.8. The van der Waals surface area contributed by atoms with E-state index in [4.69, 9.17) is 10.8 Å². The van der Waals surface area contributed by atoms with E-state index in [1.54, 1.807) is 12.1 Å². The molecule has 4 nitrogen and oxygen atoms in total. The van der Waals surface area contributed by atoms with Gasteiger partial charge in [0.25, 0.3) is 0 Å². The maximum atomic E-state index is 10.8. The van der Waals surface area contributed by atoms with E-state index in [-0.39, 0.29) is 5.56 Å². The first-order valence-corrected chi connectivity index (χ1v) is 6.47. The number of carboxylic acids is 1. The minimum atomic E-state index is -0.940. The fraction of sp³-hybridized carbons (Fsp3) is 0.500. The molecule has 18 heavy (non-hydrogen) atoms. The molecule has 4 heteroatoms. The van der Waals surface area contributed by atoms with Crippen LogP contribution in [0.15, 0.2) is 18.2 Å². The van der Waals surface area contributed by atoms with E-state index in [1.165, 1.54) is 31.7 Å². The van der Waals surface area contributed by atoms with Crippen LogP contribution in [0, 0.1) is 11.3 Å². The standard InChI is InChI=1S/C14H18N2O2/c15-11-7-9(13(17)18)1-4-12(11)16-8-14(5-6-14)10-2-3-10/h1,4,7,10,16H,2-3,5-6,8,15H2,(H,17,18). The van der Waals surface area contributed by atoms with Gasteiger partial charge in [-0.15, -0.1) is 0 Å². The zero-order chi connectivity index (χ0) is 12.8. The van der Waals surface area contributed by atoms with Gasteiger partial charge in [0.2, 0.25) is 0 Å². The van der Waals surface area contributed by atoms with Gasteiger partial charge in [-0.1, -0.05) is 0 Å². The molecule has 0 aliphatic heterocycles. The van der Waals surface area contributed by atoms with Crippen LogP contribution >= 0.6 is 0 Å². The van der Waals surface area contributed by atoms with Crippen LogP contribution in [0.4, 0.5) is 11.4 Å². The van der Waals surface area contributed by atoms with E-state index in [2.05, 4.69) is 5.32 Å². The van der Waals surface area contributed by atoms with Gasteiger partial charge in [0, 0.05) is 6.54 Å². The van der Waals surface area contributed by atoms with Gasteiger partial charge in [-0.25, -0.2) is 4.79 Å². The molecule has 0 amide bonds. The predicted octanol–water partition coefficient (Wildman–Crippen LogP) is 2.57. The summed E-state index contributed by atoms with van der Waals surface area (Å²) in [5.74, 6) is -0.0330. The lowest BCUT2D eigenvalue weighted by Gasteiger charge is -2.17. The van der Waals surface area contributed by atoms with E-state index in [0.29, 0.717) is 11.1 Å². The first kappa shape index (κ1) is 11.4. The third-order valence-electron chi connectivity index (χ3n) is 4.27. The number of nitrogens with one attached hydrogen (secondary N) is 1. The second-order valence-electron chi connectivity index (χ2n) is 5.60. The normalized spacial score (nSPS) is 20.4. The largest absolute Gasteiger partial charge is 0.478 e. The molecule has 2 fully saturated rings. The average molecular weight is 246 g/mol. The Kier molecular flexibility index (Phi) is 2.47. The molecule has 0 unspecified atom stereocenters. The molecule has 2 aliphatic carbocycles. The summed E-state index contributed by atoms with van der Waals surface area (Å²) in [6.07, 6.45) is 5.37. The Bertz CT molecular complexity index is 491. The summed E-state index contributed by atoms with van der Waals surface area (Å²) in [5.41, 5.74) is 7.99. The first-order chi connectivity index (χ1) is 8.61. The molecule has 0 radical (unpaired) electrons. The minimum absolute atomic E-state index is 0.237. The lowest BCUT2D eigenvalue weighted by Crippen LogP contribution is -2.18. The van der Waals surface area contributed by atoms with Crippen molar-refractivity contribution in [3.63, 3.8) is 0 Å². The van der Waals surface area contributed by atoms with Crippen LogP contribution in [-0.4, -0.2) is 17.6 Å². The second-order valence-corrected chi connectivity index (χ2v) is 5.60. The molecule has 1 aromatic rings. The Labute approximate surface area is 106 Å². The third-order valence-corrected chi connectivity index (χ3v) is 4.27. The zero-order valence-corrected chi connectivity index (χ0v) is 10.3. The van der Waals surface area contributed by atoms with Crippen molar-refractivity contribution in [2.45, 2.75) is 25.7 Å². The number of rotatable bonds is 5. The first-order valence-electron chi connectivity index (χ1n) is 6.47. The molecule has 0 bridgehead atoms. The van der Waals surface area contributed by atoms with E-state index >= 15 is 0 Å². The number of nitrogens with two attached hydrogens (primary N) is 1. The Morgan fingerprint density at radius 1 is 1.44 bits per heavy atom. The van der Waals surface area contributed by atoms with Gasteiger partial charge >= 0.3 is 5.97 Å². The summed E-state index contributed by atoms with van der Waals surface area (Å²) in [4.78, 5) is 10.8. The van der Waals surface area contributed by atoms with Gasteiger partial charge in [-0.3, -0.25) is 0 Å². The number of anilines is 2. The van der Waals surface area contributed by atoms with Crippen LogP contribution in [0.1, 0.15) is 36.0 Å². The summed E-state index contributed by atoms with van der Waals surface area (Å²) in [5, 5.41) is 12.3. The number of benzene rings is 1. The van der Waals surface area contributed by atoms with E-state index in [1.807, 2.05) is 0 Å². The molecule has 1 aromatic carbocycles. The van der Waals surface area contributed by atoms with Crippen molar-refractivity contribution in [2.75, 3.05) is 17.6 Å². The highest BCUT2D eigenvalue weighted by Crippen LogP contribution is 2.61. The highest BCUT2D eigenvalue weighted by Gasteiger charge is 2.53. The average Bonchev–Trinajstić information content (AvgIpc) is 3.19. The SMILES string of the molecule is Nc1cc(C(=O)O)ccc1NCC1(C2CC2)CC1. The molecule has 2 aliphatic rings. The van der Waals surface area contributed by atoms with Crippen molar-refractivity contribution in [3.8, 4) is 0 Å². The third kappa shape index (κ3) is 2.03. The van der Waals surface area contributed by atoms with Crippen molar-refractivity contribution in [3.05, 3.63) is 23.8 Å². The smallest absolute Gasteiger partial charge is 0.335 e. The van der Waals surface area contributed by atoms with E-state index in [9.17, 15) is 4.79 Å². The molecule has 0 atom stereocenters. The van der Waals surface area contributed by atoms with E-state index in [0.717, 1.165) is 18.2 Å². The molecule has 2 saturated carbocycles. The number of nitrogen functional groups attached to an aromatic ring is 1. The van der Waals surface area contributed by atoms with Gasteiger partial charge in [0.05, 0.1) is 16.9 Å². The lowest BCUT2D eigenvalue weighted by atomic mass is 10.0. The predicted molar refractivity (Wildman–Crippen MR) is 70.7 cm³/mol. The molecule has 3 rings (SSSR count). The number of carbonyl (C=O) groups is 1. The van der Waals surface area contributed by atoms with Crippen LogP contribution in [-0.2, 0) is 0 Å². The second kappa shape index (κ2) is 3.90. The summed E-state index contributed by atoms with van der Waals surface area (Å²) < 4.78 is 0. The highest BCUT2D eigenvalue weighted by molar-refractivity contribution is 5.90. The number of hydrogen-bond acceptors (Lipinski definition) is 3. The van der Waals surface area contributed by atoms with E-state index < -0.39 is 5.97 Å². The molecule has 0 heterocycles. The number of hydrogen-bond donors (Lipinski definition) is 3. The zero-order valence-electron chi connectivity index (χ0n) is 10.3. The fourth-order valence-electron chi connectivity index (χ4n) is 2.71. The topological polar surface area (TPSA) is 75.4 Å². The number of aromatic carboxylic acids is 1. The quantitative estimate of drug-likeness (QED) is 0.698. The summed E-state index contributed by atoms with van der Waals surface area (Å²) in [7, 11) is 0. The molecular formula is C14H18N2O2. The summed E-state index contributed by atoms with van der Waals surface area (Å²) in [6.45, 7) is 0.967. The highest BCUT2D eigenvalue weighted by atomic mass is 16.4. The molecule has 4 N–H and O–H groups in total. The Balaban J connectivity index is 1.67. The molecule has 0 spiro atoms. The minimum Gasteiger partial charge on any atom is -0.478 e. The Morgan fingerprint density at radius 2 is 2.17 bits per heavy atom. The van der Waals surface area contributed by atoms with Crippen LogP contribution in [0.2, 0.25) is 0 Å². The van der Waals surface area contributed by atoms with Crippen LogP contribution < -0.4 is 11.1 Å². The maximum Gasteiger partial charge on any atom is 0.335 e. The van der Waals surface area contributed by atoms with Crippen molar-refractivity contribution in [2.24, 2.45) is 11.3 Å². The van der Waals surface area contributed by atoms with Crippen LogP contribution in [0.25, 0.3) is 0 Å². The lowest BCUT2D eigenvalue weighted by molar-refractivity contribution is 0.0697. The van der Waals surface area contributed by atoms with Gasteiger partial charge in [0.1, 0.15) is 0 Å². The Morgan fingerprint density at radius 3 is 2.67 bits per heavy atom. The van der Waals surface area contributed by atoms with Gasteiger partial charge < -0.3 is 16.2 Å². The monoisotopic (exact) mass is 246 g/mol. The van der Waals surface area contributed by atoms with Gasteiger partial charge in [0.15, 0.2) is 0 Å². The fourth-order valence-corrected chi connectivity index (χ4v) is 2.71. The number of carboxylic acid groups (broad SMARTS) is 1. The molecule has 0 aromatic heterocycles. The summed E-state index contributed by atoms with van der Waals surface area (Å²) >= 11 is 0. The van der Waals surface area contributed by atoms with Crippen molar-refractivity contribution < 1.29 is 9.90 Å². The van der Waals surface area contributed by atoms with Crippen molar-refractivity contribution >= 4 is 17.3 Å². The molecule has 0 saturated heterocycles. The van der Waals surface area contributed by atoms with Crippen LogP contribution in [0.5, 0.6) is 0 Å². The molecular weight excluding hydrogens is 228 g/mol. The van der Waals surface area contributed by atoms with Gasteiger partial charge in [-0.05, 0) is 55.2 Å². The molecule has 96 valence electrons. The summed E-state index contributed by atoms with van der Waals surface area (Å²) in [6, 6.07) is 4.88. The van der Waals surface area contributed by atoms with Gasteiger partial charge in [-0.2, -0.15) is 0 Å². The van der Waals surface area contributed by atoms with Crippen molar-refractivity contribution in [1.29, 1.82) is 0 Å². The van der Waals surface area contributed by atoms with Crippen molar-refractivity contribution in [1.82, 2.24) is 0 Å². The van der Waals surface area contributed by atoms with Crippen LogP contribution in [0.3, 0.4) is 0 Å².